The highest BCUT2D eigenvalue weighted by molar-refractivity contribution is 7.27. The zero-order valence-corrected chi connectivity index (χ0v) is 13.9. The molecule has 1 unspecified atom stereocenters. The molecule has 3 nitrogen and oxygen atoms in total. The van der Waals surface area contributed by atoms with Crippen LogP contribution in [0, 0.1) is 0 Å². The first-order valence-corrected chi connectivity index (χ1v) is 7.50. The van der Waals surface area contributed by atoms with Gasteiger partial charge in [-0.3, -0.25) is 10.7 Å². The molecule has 21 heavy (non-hydrogen) atoms. The van der Waals surface area contributed by atoms with Gasteiger partial charge in [0.05, 0.1) is 5.69 Å². The smallest absolute Gasteiger partial charge is 0.0603 e. The van der Waals surface area contributed by atoms with E-state index in [0.717, 1.165) is 27.8 Å². The van der Waals surface area contributed by atoms with Crippen LogP contribution in [-0.4, -0.2) is 5.21 Å². The molecule has 3 N–H and O–H groups in total. The molecule has 0 saturated heterocycles. The monoisotopic (exact) mass is 302 g/mol. The molecule has 0 amide bonds. The van der Waals surface area contributed by atoms with Gasteiger partial charge in [0.1, 0.15) is 0 Å². The maximum Gasteiger partial charge on any atom is 0.0603 e. The maximum absolute atomic E-state index is 8.76. The number of anilines is 3. The van der Waals surface area contributed by atoms with Crippen molar-refractivity contribution in [2.75, 3.05) is 10.8 Å². The van der Waals surface area contributed by atoms with E-state index >= 15 is 0 Å². The Morgan fingerprint density at radius 1 is 1.00 bits per heavy atom. The van der Waals surface area contributed by atoms with Crippen LogP contribution in [0.1, 0.15) is 26.3 Å². The van der Waals surface area contributed by atoms with Gasteiger partial charge in [-0.25, -0.2) is 0 Å². The Labute approximate surface area is 129 Å². The summed E-state index contributed by atoms with van der Waals surface area (Å²) in [5.74, 6) is 0. The number of nitrogens with one attached hydrogen (secondary N) is 2. The van der Waals surface area contributed by atoms with Crippen LogP contribution in [0.25, 0.3) is 5.57 Å². The van der Waals surface area contributed by atoms with E-state index < -0.39 is 0 Å². The Hall–Kier alpha value is -1.83. The second-order valence-corrected chi connectivity index (χ2v) is 5.02. The predicted molar refractivity (Wildman–Crippen MR) is 97.0 cm³/mol. The molecule has 0 radical (unpaired) electrons. The first-order chi connectivity index (χ1) is 10.1. The fourth-order valence-electron chi connectivity index (χ4n) is 1.80. The van der Waals surface area contributed by atoms with Gasteiger partial charge in [0, 0.05) is 11.4 Å². The molecule has 0 saturated carbocycles. The minimum Gasteiger partial charge on any atom is -0.356 e. The third kappa shape index (κ3) is 4.89. The van der Waals surface area contributed by atoms with Crippen LogP contribution in [-0.2, 0) is 0 Å². The molecule has 0 aromatic heterocycles. The Bertz CT molecular complexity index is 594. The van der Waals surface area contributed by atoms with Crippen molar-refractivity contribution in [2.24, 2.45) is 0 Å². The summed E-state index contributed by atoms with van der Waals surface area (Å²) in [5.41, 5.74) is 6.90. The molecule has 0 heterocycles. The molecule has 2 rings (SSSR count). The van der Waals surface area contributed by atoms with Gasteiger partial charge in [-0.1, -0.05) is 32.1 Å². The summed E-state index contributed by atoms with van der Waals surface area (Å²) in [6.45, 7) is 9.97. The van der Waals surface area contributed by atoms with E-state index in [1.807, 2.05) is 45.0 Å². The van der Waals surface area contributed by atoms with E-state index in [-0.39, 0.29) is 0 Å². The lowest BCUT2D eigenvalue weighted by atomic mass is 10.1. The molecule has 0 aliphatic carbocycles. The average molecular weight is 302 g/mol. The molecule has 0 bridgehead atoms. The van der Waals surface area contributed by atoms with Crippen molar-refractivity contribution < 1.29 is 5.21 Å². The number of benzene rings is 2. The zero-order valence-electron chi connectivity index (χ0n) is 12.8. The Morgan fingerprint density at radius 2 is 1.52 bits per heavy atom. The van der Waals surface area contributed by atoms with Gasteiger partial charge in [-0.15, -0.1) is 9.24 Å². The van der Waals surface area contributed by atoms with Gasteiger partial charge in [0.25, 0.3) is 0 Å². The van der Waals surface area contributed by atoms with Crippen molar-refractivity contribution >= 4 is 37.2 Å². The van der Waals surface area contributed by atoms with E-state index in [1.54, 1.807) is 12.1 Å². The Morgan fingerprint density at radius 3 is 2.05 bits per heavy atom. The largest absolute Gasteiger partial charge is 0.356 e. The molecule has 0 aliphatic rings. The fraction of sp³-hybridized carbons (Fsp3) is 0.176. The maximum atomic E-state index is 8.76. The number of allylic oxidation sites excluding steroid dienone is 1. The average Bonchev–Trinajstić information content (AvgIpc) is 2.51. The van der Waals surface area contributed by atoms with Gasteiger partial charge in [-0.05, 0) is 54.2 Å². The van der Waals surface area contributed by atoms with Gasteiger partial charge in [0.15, 0.2) is 0 Å². The van der Waals surface area contributed by atoms with Gasteiger partial charge in [-0.2, -0.15) is 0 Å². The van der Waals surface area contributed by atoms with Gasteiger partial charge < -0.3 is 5.32 Å². The molecule has 1 atom stereocenters. The lowest BCUT2D eigenvalue weighted by Crippen LogP contribution is -2.01. The third-order valence-electron chi connectivity index (χ3n) is 2.82. The van der Waals surface area contributed by atoms with Crippen molar-refractivity contribution in [3.63, 3.8) is 0 Å². The summed E-state index contributed by atoms with van der Waals surface area (Å²) in [6, 6.07) is 13.5. The molecular weight excluding hydrogens is 279 g/mol. The number of rotatable bonds is 4. The van der Waals surface area contributed by atoms with Crippen molar-refractivity contribution in [2.45, 2.75) is 20.8 Å². The first-order valence-electron chi connectivity index (χ1n) is 6.93. The summed E-state index contributed by atoms with van der Waals surface area (Å²) in [4.78, 5) is 0. The minimum absolute atomic E-state index is 0.661. The van der Waals surface area contributed by atoms with Crippen molar-refractivity contribution in [1.29, 1.82) is 0 Å². The van der Waals surface area contributed by atoms with Gasteiger partial charge in [0.2, 0.25) is 0 Å². The van der Waals surface area contributed by atoms with Crippen LogP contribution in [0.2, 0.25) is 0 Å². The minimum atomic E-state index is 0.661. The van der Waals surface area contributed by atoms with E-state index in [2.05, 4.69) is 32.7 Å². The normalized spacial score (nSPS) is 9.38. The van der Waals surface area contributed by atoms with Gasteiger partial charge >= 0.3 is 0 Å². The van der Waals surface area contributed by atoms with Crippen LogP contribution < -0.4 is 16.1 Å². The van der Waals surface area contributed by atoms with Crippen LogP contribution in [0.15, 0.2) is 49.0 Å². The highest BCUT2D eigenvalue weighted by Crippen LogP contribution is 2.22. The molecular formula is C17H23N2OP. The highest BCUT2D eigenvalue weighted by atomic mass is 31.0. The van der Waals surface area contributed by atoms with E-state index in [1.165, 1.54) is 0 Å². The lowest BCUT2D eigenvalue weighted by Gasteiger charge is -2.11. The first kappa shape index (κ1) is 17.2. The molecule has 0 spiro atoms. The summed E-state index contributed by atoms with van der Waals surface area (Å²) >= 11 is 0. The zero-order chi connectivity index (χ0) is 15.8. The quantitative estimate of drug-likeness (QED) is 0.562. The molecule has 2 aromatic rings. The SMILES string of the molecule is C=C(C)c1cc(Nc2ccc(NO)cc2)ccc1P.CC. The van der Waals surface area contributed by atoms with Crippen LogP contribution in [0.5, 0.6) is 0 Å². The molecule has 112 valence electrons. The molecule has 2 aromatic carbocycles. The Balaban J connectivity index is 0.00000106. The second-order valence-electron chi connectivity index (χ2n) is 4.40. The third-order valence-corrected chi connectivity index (χ3v) is 3.32. The Kier molecular flexibility index (Phi) is 6.93. The van der Waals surface area contributed by atoms with Crippen molar-refractivity contribution in [1.82, 2.24) is 0 Å². The van der Waals surface area contributed by atoms with Crippen LogP contribution in [0.4, 0.5) is 17.1 Å². The summed E-state index contributed by atoms with van der Waals surface area (Å²) in [6.07, 6.45) is 0. The fourth-order valence-corrected chi connectivity index (χ4v) is 2.22. The van der Waals surface area contributed by atoms with E-state index in [4.69, 9.17) is 5.21 Å². The van der Waals surface area contributed by atoms with E-state index in [9.17, 15) is 0 Å². The standard InChI is InChI=1S/C15H17N2OP.C2H6/c1-10(2)14-9-13(7-8-15(14)19)16-11-3-5-12(17-18)6-4-11;1-2/h3-9,16-18H,1,19H2,2H3;1-2H3. The molecule has 4 heteroatoms. The summed E-state index contributed by atoms with van der Waals surface area (Å²) in [5, 5.41) is 13.2. The van der Waals surface area contributed by atoms with Crippen LogP contribution >= 0.6 is 9.24 Å². The number of hydrogen-bond acceptors (Lipinski definition) is 3. The predicted octanol–water partition coefficient (Wildman–Crippen LogP) is 4.79. The lowest BCUT2D eigenvalue weighted by molar-refractivity contribution is 0.389. The van der Waals surface area contributed by atoms with Crippen LogP contribution in [0.3, 0.4) is 0 Å². The topological polar surface area (TPSA) is 44.3 Å². The molecule has 0 fully saturated rings. The van der Waals surface area contributed by atoms with Crippen molar-refractivity contribution in [3.05, 3.63) is 54.6 Å². The number of hydrogen-bond donors (Lipinski definition) is 3. The summed E-state index contributed by atoms with van der Waals surface area (Å²) in [7, 11) is 2.72. The highest BCUT2D eigenvalue weighted by Gasteiger charge is 2.02. The second kappa shape index (κ2) is 8.46. The van der Waals surface area contributed by atoms with E-state index in [0.29, 0.717) is 5.69 Å². The van der Waals surface area contributed by atoms with Crippen molar-refractivity contribution in [3.8, 4) is 0 Å². The molecule has 0 aliphatic heterocycles. The summed E-state index contributed by atoms with van der Waals surface area (Å²) < 4.78 is 0.